The summed E-state index contributed by atoms with van der Waals surface area (Å²) in [5, 5.41) is 13.2. The van der Waals surface area contributed by atoms with Crippen molar-refractivity contribution in [2.75, 3.05) is 26.2 Å². The molecular weight excluding hydrogens is 216 g/mol. The maximum Gasteiger partial charge on any atom is 0.133 e. The van der Waals surface area contributed by atoms with Crippen LogP contribution >= 0.6 is 0 Å². The van der Waals surface area contributed by atoms with E-state index in [1.165, 1.54) is 0 Å². The highest BCUT2D eigenvalue weighted by Gasteiger charge is 2.12. The number of nitrogens with zero attached hydrogens (tertiary/aromatic N) is 1. The average molecular weight is 240 g/mol. The van der Waals surface area contributed by atoms with E-state index >= 15 is 0 Å². The lowest BCUT2D eigenvalue weighted by atomic mass is 10.2. The number of aliphatic hydroxyl groups is 1. The largest absolute Gasteiger partial charge is 0.467 e. The van der Waals surface area contributed by atoms with Crippen molar-refractivity contribution >= 4 is 0 Å². The number of hydrogen-bond acceptors (Lipinski definition) is 4. The summed E-state index contributed by atoms with van der Waals surface area (Å²) in [4.78, 5) is 2.36. The SMILES string of the molecule is CCN(CC)CC(C)NCC(O)c1ccco1. The third-order valence-electron chi connectivity index (χ3n) is 2.96. The van der Waals surface area contributed by atoms with E-state index in [1.807, 2.05) is 0 Å². The number of likely N-dealkylation sites (N-methyl/N-ethyl adjacent to an activating group) is 1. The fraction of sp³-hybridized carbons (Fsp3) is 0.692. The van der Waals surface area contributed by atoms with Gasteiger partial charge in [0.05, 0.1) is 6.26 Å². The van der Waals surface area contributed by atoms with Gasteiger partial charge in [0.2, 0.25) is 0 Å². The molecule has 0 saturated carbocycles. The lowest BCUT2D eigenvalue weighted by molar-refractivity contribution is 0.140. The van der Waals surface area contributed by atoms with E-state index < -0.39 is 6.10 Å². The number of nitrogens with one attached hydrogen (secondary N) is 1. The van der Waals surface area contributed by atoms with E-state index in [1.54, 1.807) is 18.4 Å². The Morgan fingerprint density at radius 1 is 1.41 bits per heavy atom. The summed E-state index contributed by atoms with van der Waals surface area (Å²) in [6, 6.07) is 3.94. The fourth-order valence-electron chi connectivity index (χ4n) is 1.83. The molecule has 2 N–H and O–H groups in total. The molecule has 4 heteroatoms. The Bertz CT molecular complexity index is 284. The van der Waals surface area contributed by atoms with E-state index in [9.17, 15) is 5.11 Å². The van der Waals surface area contributed by atoms with E-state index in [0.717, 1.165) is 19.6 Å². The molecule has 17 heavy (non-hydrogen) atoms. The highest BCUT2D eigenvalue weighted by molar-refractivity contribution is 5.02. The Kier molecular flexibility index (Phi) is 6.26. The molecule has 0 aliphatic heterocycles. The average Bonchev–Trinajstić information content (AvgIpc) is 2.86. The molecular formula is C13H24N2O2. The third-order valence-corrected chi connectivity index (χ3v) is 2.96. The van der Waals surface area contributed by atoms with Crippen molar-refractivity contribution in [2.45, 2.75) is 32.9 Å². The van der Waals surface area contributed by atoms with E-state index in [2.05, 4.69) is 31.0 Å². The smallest absolute Gasteiger partial charge is 0.133 e. The van der Waals surface area contributed by atoms with Crippen molar-refractivity contribution in [2.24, 2.45) is 0 Å². The maximum absolute atomic E-state index is 9.84. The van der Waals surface area contributed by atoms with Crippen LogP contribution in [0.1, 0.15) is 32.6 Å². The molecule has 1 rings (SSSR count). The van der Waals surface area contributed by atoms with Crippen LogP contribution in [-0.4, -0.2) is 42.2 Å². The standard InChI is InChI=1S/C13H24N2O2/c1-4-15(5-2)10-11(3)14-9-12(16)13-7-6-8-17-13/h6-8,11-12,14,16H,4-5,9-10H2,1-3H3. The zero-order valence-corrected chi connectivity index (χ0v) is 11.0. The van der Waals surface area contributed by atoms with Crippen LogP contribution in [0, 0.1) is 0 Å². The van der Waals surface area contributed by atoms with E-state index in [0.29, 0.717) is 18.3 Å². The van der Waals surface area contributed by atoms with Crippen molar-refractivity contribution in [3.8, 4) is 0 Å². The second kappa shape index (κ2) is 7.48. The summed E-state index contributed by atoms with van der Waals surface area (Å²) in [5.74, 6) is 0.618. The molecule has 0 spiro atoms. The second-order valence-corrected chi connectivity index (χ2v) is 4.33. The van der Waals surface area contributed by atoms with Gasteiger partial charge < -0.3 is 19.7 Å². The molecule has 1 aromatic heterocycles. The molecule has 0 fully saturated rings. The van der Waals surface area contributed by atoms with Crippen molar-refractivity contribution < 1.29 is 9.52 Å². The number of hydrogen-bond donors (Lipinski definition) is 2. The first kappa shape index (κ1) is 14.2. The van der Waals surface area contributed by atoms with Crippen LogP contribution in [-0.2, 0) is 0 Å². The minimum atomic E-state index is -0.566. The molecule has 0 radical (unpaired) electrons. The van der Waals surface area contributed by atoms with Crippen LogP contribution in [0.2, 0.25) is 0 Å². The Balaban J connectivity index is 2.25. The molecule has 0 aliphatic carbocycles. The molecule has 0 aromatic carbocycles. The van der Waals surface area contributed by atoms with Gasteiger partial charge in [-0.1, -0.05) is 13.8 Å². The summed E-state index contributed by atoms with van der Waals surface area (Å²) >= 11 is 0. The third kappa shape index (κ3) is 4.89. The summed E-state index contributed by atoms with van der Waals surface area (Å²) in [6.45, 7) is 10.1. The van der Waals surface area contributed by atoms with Crippen molar-refractivity contribution in [3.63, 3.8) is 0 Å². The quantitative estimate of drug-likeness (QED) is 0.725. The van der Waals surface area contributed by atoms with Gasteiger partial charge in [-0.15, -0.1) is 0 Å². The predicted molar refractivity (Wildman–Crippen MR) is 68.9 cm³/mol. The van der Waals surface area contributed by atoms with Crippen LogP contribution < -0.4 is 5.32 Å². The van der Waals surface area contributed by atoms with Gasteiger partial charge in [0.1, 0.15) is 11.9 Å². The topological polar surface area (TPSA) is 48.6 Å². The monoisotopic (exact) mass is 240 g/mol. The molecule has 1 heterocycles. The normalized spacial score (nSPS) is 15.1. The van der Waals surface area contributed by atoms with Crippen LogP contribution in [0.25, 0.3) is 0 Å². The molecule has 1 aromatic rings. The van der Waals surface area contributed by atoms with Crippen LogP contribution in [0.5, 0.6) is 0 Å². The minimum Gasteiger partial charge on any atom is -0.467 e. The lowest BCUT2D eigenvalue weighted by Gasteiger charge is -2.24. The highest BCUT2D eigenvalue weighted by Crippen LogP contribution is 2.11. The molecule has 4 nitrogen and oxygen atoms in total. The fourth-order valence-corrected chi connectivity index (χ4v) is 1.83. The van der Waals surface area contributed by atoms with Crippen molar-refractivity contribution in [1.82, 2.24) is 10.2 Å². The van der Waals surface area contributed by atoms with Gasteiger partial charge in [0.25, 0.3) is 0 Å². The van der Waals surface area contributed by atoms with Gasteiger partial charge >= 0.3 is 0 Å². The lowest BCUT2D eigenvalue weighted by Crippen LogP contribution is -2.40. The molecule has 2 unspecified atom stereocenters. The predicted octanol–water partition coefficient (Wildman–Crippen LogP) is 1.63. The second-order valence-electron chi connectivity index (χ2n) is 4.33. The number of rotatable bonds is 8. The molecule has 2 atom stereocenters. The van der Waals surface area contributed by atoms with Gasteiger partial charge in [-0.2, -0.15) is 0 Å². The summed E-state index contributed by atoms with van der Waals surface area (Å²) in [6.07, 6.45) is 1.02. The molecule has 0 bridgehead atoms. The van der Waals surface area contributed by atoms with Crippen LogP contribution in [0.3, 0.4) is 0 Å². The van der Waals surface area contributed by atoms with Gasteiger partial charge in [0.15, 0.2) is 0 Å². The van der Waals surface area contributed by atoms with Crippen molar-refractivity contribution in [3.05, 3.63) is 24.2 Å². The van der Waals surface area contributed by atoms with Gasteiger partial charge in [-0.25, -0.2) is 0 Å². The highest BCUT2D eigenvalue weighted by atomic mass is 16.4. The molecule has 98 valence electrons. The summed E-state index contributed by atoms with van der Waals surface area (Å²) < 4.78 is 5.15. The first-order chi connectivity index (χ1) is 8.17. The Morgan fingerprint density at radius 3 is 2.65 bits per heavy atom. The summed E-state index contributed by atoms with van der Waals surface area (Å²) in [5.41, 5.74) is 0. The van der Waals surface area contributed by atoms with Gasteiger partial charge in [0, 0.05) is 19.1 Å². The maximum atomic E-state index is 9.84. The summed E-state index contributed by atoms with van der Waals surface area (Å²) in [7, 11) is 0. The van der Waals surface area contributed by atoms with Crippen molar-refractivity contribution in [1.29, 1.82) is 0 Å². The zero-order chi connectivity index (χ0) is 12.7. The first-order valence-electron chi connectivity index (χ1n) is 6.34. The Hall–Kier alpha value is -0.840. The van der Waals surface area contributed by atoms with Crippen LogP contribution in [0.4, 0.5) is 0 Å². The molecule has 0 amide bonds. The Labute approximate surface area is 104 Å². The van der Waals surface area contributed by atoms with E-state index in [4.69, 9.17) is 4.42 Å². The number of aliphatic hydroxyl groups excluding tert-OH is 1. The minimum absolute atomic E-state index is 0.361. The molecule has 0 saturated heterocycles. The van der Waals surface area contributed by atoms with Gasteiger partial charge in [-0.3, -0.25) is 0 Å². The Morgan fingerprint density at radius 2 is 2.12 bits per heavy atom. The van der Waals surface area contributed by atoms with E-state index in [-0.39, 0.29) is 0 Å². The number of furan rings is 1. The zero-order valence-electron chi connectivity index (χ0n) is 11.0. The van der Waals surface area contributed by atoms with Gasteiger partial charge in [-0.05, 0) is 32.1 Å². The van der Waals surface area contributed by atoms with Crippen LogP contribution in [0.15, 0.2) is 22.8 Å². The first-order valence-corrected chi connectivity index (χ1v) is 6.34. The molecule has 0 aliphatic rings.